The molecule has 0 spiro atoms. The van der Waals surface area contributed by atoms with Gasteiger partial charge in [-0.1, -0.05) is 54.2 Å². The highest BCUT2D eigenvalue weighted by Crippen LogP contribution is 2.35. The van der Waals surface area contributed by atoms with Crippen LogP contribution >= 0.6 is 11.8 Å². The number of thioether (sulfide) groups is 1. The molecule has 2 heterocycles. The average molecular weight is 431 g/mol. The van der Waals surface area contributed by atoms with Crippen molar-refractivity contribution in [2.75, 3.05) is 10.7 Å². The zero-order valence-electron chi connectivity index (χ0n) is 17.3. The largest absolute Gasteiger partial charge is 0.507 e. The lowest BCUT2D eigenvalue weighted by molar-refractivity contribution is -0.116. The lowest BCUT2D eigenvalue weighted by atomic mass is 10.1. The molecule has 0 radical (unpaired) electrons. The van der Waals surface area contributed by atoms with E-state index < -0.39 is 0 Å². The maximum absolute atomic E-state index is 13.0. The molecule has 0 saturated carbocycles. The molecule has 6 nitrogen and oxygen atoms in total. The Hall–Kier alpha value is -3.32. The van der Waals surface area contributed by atoms with Gasteiger partial charge in [-0.3, -0.25) is 4.79 Å². The van der Waals surface area contributed by atoms with Crippen LogP contribution in [0.2, 0.25) is 0 Å². The van der Waals surface area contributed by atoms with Gasteiger partial charge in [-0.2, -0.15) is 0 Å². The van der Waals surface area contributed by atoms with Crippen LogP contribution in [0.15, 0.2) is 65.8 Å². The fourth-order valence-electron chi connectivity index (χ4n) is 4.22. The van der Waals surface area contributed by atoms with Crippen LogP contribution in [0.5, 0.6) is 5.75 Å². The zero-order chi connectivity index (χ0) is 21.5. The van der Waals surface area contributed by atoms with Crippen LogP contribution < -0.4 is 4.90 Å². The smallest absolute Gasteiger partial charge is 0.237 e. The summed E-state index contributed by atoms with van der Waals surface area (Å²) in [4.78, 5) is 14.9. The highest BCUT2D eigenvalue weighted by atomic mass is 32.2. The van der Waals surface area contributed by atoms with Crippen molar-refractivity contribution < 1.29 is 9.90 Å². The van der Waals surface area contributed by atoms with Crippen molar-refractivity contribution in [2.24, 2.45) is 7.05 Å². The van der Waals surface area contributed by atoms with Gasteiger partial charge in [0.15, 0.2) is 11.0 Å². The number of aromatic hydroxyl groups is 1. The number of carbonyl (C=O) groups excluding carboxylic acids is 1. The predicted octanol–water partition coefficient (Wildman–Crippen LogP) is 4.41. The minimum Gasteiger partial charge on any atom is -0.507 e. The number of aromatic nitrogens is 3. The van der Waals surface area contributed by atoms with Crippen molar-refractivity contribution in [3.05, 3.63) is 66.2 Å². The van der Waals surface area contributed by atoms with E-state index in [9.17, 15) is 9.90 Å². The summed E-state index contributed by atoms with van der Waals surface area (Å²) in [6.45, 7) is 2.07. The summed E-state index contributed by atoms with van der Waals surface area (Å²) < 4.78 is 1.82. The third-order valence-corrected chi connectivity index (χ3v) is 6.75. The molecule has 0 aliphatic carbocycles. The van der Waals surface area contributed by atoms with E-state index in [-0.39, 0.29) is 23.5 Å². The number of carbonyl (C=O) groups is 1. The number of amides is 1. The van der Waals surface area contributed by atoms with Gasteiger partial charge in [-0.15, -0.1) is 10.2 Å². The van der Waals surface area contributed by atoms with E-state index in [2.05, 4.69) is 23.2 Å². The molecule has 1 N–H and O–H groups in total. The average Bonchev–Trinajstić information content (AvgIpc) is 3.30. The third kappa shape index (κ3) is 3.45. The Bertz CT molecular complexity index is 1300. The molecule has 0 saturated heterocycles. The van der Waals surface area contributed by atoms with Gasteiger partial charge in [0.2, 0.25) is 5.91 Å². The monoisotopic (exact) mass is 430 g/mol. The molecule has 0 fully saturated rings. The van der Waals surface area contributed by atoms with Crippen LogP contribution in [0.1, 0.15) is 12.5 Å². The summed E-state index contributed by atoms with van der Waals surface area (Å²) in [5.41, 5.74) is 2.83. The Balaban J connectivity index is 1.37. The van der Waals surface area contributed by atoms with Crippen molar-refractivity contribution in [2.45, 2.75) is 24.5 Å². The first kappa shape index (κ1) is 19.6. The van der Waals surface area contributed by atoms with E-state index in [0.717, 1.165) is 22.9 Å². The molecular weight excluding hydrogens is 408 g/mol. The van der Waals surface area contributed by atoms with E-state index >= 15 is 0 Å². The lowest BCUT2D eigenvalue weighted by Crippen LogP contribution is -2.37. The summed E-state index contributed by atoms with van der Waals surface area (Å²) in [5.74, 6) is 1.05. The van der Waals surface area contributed by atoms with Crippen LogP contribution in [0.3, 0.4) is 0 Å². The van der Waals surface area contributed by atoms with Gasteiger partial charge >= 0.3 is 0 Å². The first-order valence-electron chi connectivity index (χ1n) is 10.2. The van der Waals surface area contributed by atoms with Gasteiger partial charge in [0, 0.05) is 18.8 Å². The number of para-hydroxylation sites is 1. The minimum absolute atomic E-state index is 0.0561. The molecule has 1 aromatic heterocycles. The number of anilines is 1. The molecular formula is C24H22N4O2S. The maximum atomic E-state index is 13.0. The quantitative estimate of drug-likeness (QED) is 0.486. The normalized spacial score (nSPS) is 15.4. The molecule has 1 aliphatic rings. The topological polar surface area (TPSA) is 71.2 Å². The van der Waals surface area contributed by atoms with E-state index in [4.69, 9.17) is 0 Å². The number of phenolic OH excluding ortho intramolecular Hbond substituents is 1. The Morgan fingerprint density at radius 3 is 2.61 bits per heavy atom. The first-order valence-corrected chi connectivity index (χ1v) is 11.2. The van der Waals surface area contributed by atoms with Gasteiger partial charge in [0.1, 0.15) is 5.75 Å². The zero-order valence-corrected chi connectivity index (χ0v) is 18.1. The van der Waals surface area contributed by atoms with Crippen molar-refractivity contribution in [1.29, 1.82) is 0 Å². The molecule has 1 atom stereocenters. The fourth-order valence-corrected chi connectivity index (χ4v) is 4.99. The van der Waals surface area contributed by atoms with Gasteiger partial charge < -0.3 is 14.6 Å². The second kappa shape index (κ2) is 7.74. The van der Waals surface area contributed by atoms with Crippen molar-refractivity contribution >= 4 is 34.1 Å². The van der Waals surface area contributed by atoms with Crippen LogP contribution in [0.25, 0.3) is 22.2 Å². The number of hydrogen-bond donors (Lipinski definition) is 1. The Morgan fingerprint density at radius 1 is 1.10 bits per heavy atom. The number of phenols is 1. The molecule has 1 amide bonds. The summed E-state index contributed by atoms with van der Waals surface area (Å²) in [7, 11) is 1.85. The molecule has 5 rings (SSSR count). The fraction of sp³-hybridized carbons (Fsp3) is 0.208. The Morgan fingerprint density at radius 2 is 1.81 bits per heavy atom. The first-order chi connectivity index (χ1) is 15.0. The molecule has 156 valence electrons. The molecule has 4 aromatic rings. The summed E-state index contributed by atoms with van der Waals surface area (Å²) in [5, 5.41) is 21.7. The van der Waals surface area contributed by atoms with Crippen LogP contribution in [0.4, 0.5) is 5.69 Å². The second-order valence-corrected chi connectivity index (χ2v) is 8.76. The molecule has 7 heteroatoms. The number of rotatable bonds is 4. The number of hydrogen-bond acceptors (Lipinski definition) is 5. The summed E-state index contributed by atoms with van der Waals surface area (Å²) in [6, 6.07) is 19.7. The Labute approximate surface area is 184 Å². The van der Waals surface area contributed by atoms with Crippen molar-refractivity contribution in [3.8, 4) is 17.1 Å². The van der Waals surface area contributed by atoms with E-state index in [0.29, 0.717) is 16.5 Å². The predicted molar refractivity (Wildman–Crippen MR) is 123 cm³/mol. The molecule has 0 bridgehead atoms. The number of nitrogens with zero attached hydrogens (tertiary/aromatic N) is 4. The molecule has 31 heavy (non-hydrogen) atoms. The summed E-state index contributed by atoms with van der Waals surface area (Å²) >= 11 is 1.36. The minimum atomic E-state index is 0.0561. The molecule has 1 aliphatic heterocycles. The summed E-state index contributed by atoms with van der Waals surface area (Å²) in [6.07, 6.45) is 0.877. The lowest BCUT2D eigenvalue weighted by Gasteiger charge is -2.22. The number of benzene rings is 3. The van der Waals surface area contributed by atoms with Gasteiger partial charge in [0.05, 0.1) is 11.3 Å². The van der Waals surface area contributed by atoms with Gasteiger partial charge in [-0.05, 0) is 47.9 Å². The van der Waals surface area contributed by atoms with E-state index in [1.807, 2.05) is 65.0 Å². The maximum Gasteiger partial charge on any atom is 0.237 e. The van der Waals surface area contributed by atoms with Crippen LogP contribution in [-0.4, -0.2) is 37.6 Å². The molecule has 1 unspecified atom stereocenters. The van der Waals surface area contributed by atoms with E-state index in [1.54, 1.807) is 6.07 Å². The standard InChI is InChI=1S/C24H22N4O2S/c1-15-11-18-9-5-6-10-20(18)28(15)22(30)14-31-24-26-25-23(27(24)2)19-12-16-7-3-4-8-17(16)13-21(19)29/h3-10,12-13,15,29H,11,14H2,1-2H3. The van der Waals surface area contributed by atoms with Crippen molar-refractivity contribution in [1.82, 2.24) is 14.8 Å². The highest BCUT2D eigenvalue weighted by Gasteiger charge is 2.30. The number of fused-ring (bicyclic) bond motifs is 2. The Kier molecular flexibility index (Phi) is 4.90. The van der Waals surface area contributed by atoms with Crippen molar-refractivity contribution in [3.63, 3.8) is 0 Å². The SMILES string of the molecule is CC1Cc2ccccc2N1C(=O)CSc1nnc(-c2cc3ccccc3cc2O)n1C. The van der Waals surface area contributed by atoms with Crippen LogP contribution in [-0.2, 0) is 18.3 Å². The third-order valence-electron chi connectivity index (χ3n) is 5.74. The van der Waals surface area contributed by atoms with Crippen LogP contribution in [0, 0.1) is 0 Å². The van der Waals surface area contributed by atoms with Gasteiger partial charge in [-0.25, -0.2) is 0 Å². The van der Waals surface area contributed by atoms with E-state index in [1.165, 1.54) is 17.3 Å². The second-order valence-electron chi connectivity index (χ2n) is 7.82. The molecule has 3 aromatic carbocycles. The van der Waals surface area contributed by atoms with Gasteiger partial charge in [0.25, 0.3) is 0 Å². The highest BCUT2D eigenvalue weighted by molar-refractivity contribution is 7.99.